The van der Waals surface area contributed by atoms with E-state index in [-0.39, 0.29) is 56.5 Å². The van der Waals surface area contributed by atoms with Crippen molar-refractivity contribution in [3.05, 3.63) is 0 Å². The summed E-state index contributed by atoms with van der Waals surface area (Å²) in [6.07, 6.45) is 63.0. The van der Waals surface area contributed by atoms with Gasteiger partial charge in [0.05, 0.1) is 24.4 Å². The van der Waals surface area contributed by atoms with Gasteiger partial charge in [0.15, 0.2) is 33.3 Å². The van der Waals surface area contributed by atoms with Crippen LogP contribution in [-0.4, -0.2) is 180 Å². The van der Waals surface area contributed by atoms with Crippen LogP contribution in [0.3, 0.4) is 0 Å². The highest BCUT2D eigenvalue weighted by atomic mass is 28.4. The second kappa shape index (κ2) is 64.3. The molecule has 0 aromatic rings. The van der Waals surface area contributed by atoms with Gasteiger partial charge < -0.3 is 27.2 Å². The number of nitrogens with zero attached hydrogens (tertiary/aromatic N) is 4. The molecule has 0 radical (unpaired) electrons. The summed E-state index contributed by atoms with van der Waals surface area (Å²) in [5.41, 5.74) is 0. The molecular formula is C100H208N4O8Si4. The molecule has 692 valence electrons. The quantitative estimate of drug-likeness (QED) is 0.0329. The van der Waals surface area contributed by atoms with Crippen molar-refractivity contribution in [2.75, 3.05) is 78.7 Å². The normalized spacial score (nSPS) is 16.6. The van der Waals surface area contributed by atoms with Crippen LogP contribution in [0.25, 0.3) is 0 Å². The van der Waals surface area contributed by atoms with Crippen LogP contribution < -0.4 is 0 Å². The zero-order valence-corrected chi connectivity index (χ0v) is 87.4. The van der Waals surface area contributed by atoms with E-state index >= 15 is 0 Å². The largest absolute Gasteiger partial charge is 0.464 e. The lowest BCUT2D eigenvalue weighted by Gasteiger charge is -2.44. The maximum absolute atomic E-state index is 13.7. The number of unbranched alkanes of at least 4 members (excludes halogenated alkanes) is 38. The number of carbonyl (C=O) groups is 2. The summed E-state index contributed by atoms with van der Waals surface area (Å²) < 4.78 is 42.0. The molecule has 116 heavy (non-hydrogen) atoms. The van der Waals surface area contributed by atoms with Crippen molar-refractivity contribution in [1.29, 1.82) is 0 Å². The van der Waals surface area contributed by atoms with E-state index in [1.165, 1.54) is 257 Å². The average molecular weight is 1710 g/mol. The SMILES string of the molecule is CCCCCCCCCCCCC(CN(CCCCC(=O)OCCN1CC(C)N(CCOC(=O)CCCCN(CC(CCCCCCCCCCCC)O[Si](C)(C)C(C)(C)C)CC(CCCCCCCCCCCC)O[Si](C)(C)C(C)(C)C)CC1C)CC(CCCCCCCCCCCC)O[Si](C)(C)C(C)(C)C)O[Si](C)(C)C(C)(C)C. The lowest BCUT2D eigenvalue weighted by atomic mass is 10.0. The molecule has 0 bridgehead atoms. The molecule has 1 aliphatic rings. The summed E-state index contributed by atoms with van der Waals surface area (Å²) >= 11 is 0. The van der Waals surface area contributed by atoms with Gasteiger partial charge in [-0.15, -0.1) is 0 Å². The fourth-order valence-corrected chi connectivity index (χ4v) is 21.5. The summed E-state index contributed by atoms with van der Waals surface area (Å²) in [4.78, 5) is 37.7. The minimum Gasteiger partial charge on any atom is -0.464 e. The van der Waals surface area contributed by atoms with E-state index in [0.29, 0.717) is 38.1 Å². The van der Waals surface area contributed by atoms with Gasteiger partial charge in [0, 0.05) is 77.3 Å². The molecule has 6 atom stereocenters. The summed E-state index contributed by atoms with van der Waals surface area (Å²) in [7, 11) is -8.25. The molecule has 16 heteroatoms. The molecule has 6 unspecified atom stereocenters. The van der Waals surface area contributed by atoms with Crippen LogP contribution in [0.4, 0.5) is 0 Å². The van der Waals surface area contributed by atoms with Crippen molar-refractivity contribution in [2.24, 2.45) is 0 Å². The molecule has 0 amide bonds. The first-order valence-electron chi connectivity index (χ1n) is 50.6. The first-order chi connectivity index (χ1) is 54.6. The maximum atomic E-state index is 13.7. The molecule has 1 saturated heterocycles. The standard InChI is InChI=1S/C100H208N4O8Si4/c1-27-31-35-39-43-47-51-55-59-63-71-91(109-113(19,20)97(7,8)9)85-101(86-92(110-114(21,22)98(10,11)12)72-64-60-56-52-48-44-40-36-32-28-2)77-69-67-75-95(105)107-81-79-103-83-90(6)104(84-89(103)5)80-82-108-96(106)76-68-70-78-102(87-93(111-115(23,24)99(13,14)15)73-65-61-57-53-49-45-41-37-33-29-3)88-94(112-116(25,26)100(16,17)18)74-66-62-58-54-50-46-42-38-34-30-4/h89-94H,27-88H2,1-26H3. The number of esters is 2. The Morgan fingerprint density at radius 1 is 0.302 bits per heavy atom. The average Bonchev–Trinajstić information content (AvgIpc) is 0.836. The zero-order valence-electron chi connectivity index (χ0n) is 83.4. The van der Waals surface area contributed by atoms with Crippen LogP contribution in [-0.2, 0) is 36.8 Å². The minimum absolute atomic E-state index is 0.0829. The van der Waals surface area contributed by atoms with E-state index in [1.54, 1.807) is 0 Å². The van der Waals surface area contributed by atoms with Gasteiger partial charge in [-0.3, -0.25) is 29.2 Å². The van der Waals surface area contributed by atoms with Crippen molar-refractivity contribution in [3.63, 3.8) is 0 Å². The Bertz CT molecular complexity index is 2060. The number of hydrogen-bond donors (Lipinski definition) is 0. The Morgan fingerprint density at radius 2 is 0.491 bits per heavy atom. The Kier molecular flexibility index (Phi) is 62.9. The van der Waals surface area contributed by atoms with Gasteiger partial charge in [0.25, 0.3) is 0 Å². The second-order valence-corrected chi connectivity index (χ2v) is 62.5. The molecule has 1 aliphatic heterocycles. The van der Waals surface area contributed by atoms with Gasteiger partial charge in [-0.25, -0.2) is 0 Å². The van der Waals surface area contributed by atoms with E-state index in [9.17, 15) is 9.59 Å². The number of ether oxygens (including phenoxy) is 2. The molecular weight excluding hydrogens is 1500 g/mol. The number of piperazine rings is 1. The molecule has 1 heterocycles. The van der Waals surface area contributed by atoms with Gasteiger partial charge in [0.1, 0.15) is 13.2 Å². The van der Waals surface area contributed by atoms with Crippen LogP contribution in [0.2, 0.25) is 72.5 Å². The lowest BCUT2D eigenvalue weighted by molar-refractivity contribution is -0.146. The Morgan fingerprint density at radius 3 is 0.681 bits per heavy atom. The van der Waals surface area contributed by atoms with Gasteiger partial charge in [-0.05, 0) is 151 Å². The van der Waals surface area contributed by atoms with Crippen LogP contribution in [0.15, 0.2) is 0 Å². The van der Waals surface area contributed by atoms with Crippen molar-refractivity contribution in [3.8, 4) is 0 Å². The molecule has 1 fully saturated rings. The summed E-state index contributed by atoms with van der Waals surface area (Å²) in [6, 6.07) is 0.587. The van der Waals surface area contributed by atoms with E-state index in [1.807, 2.05) is 0 Å². The maximum Gasteiger partial charge on any atom is 0.305 e. The monoisotopic (exact) mass is 1710 g/mol. The van der Waals surface area contributed by atoms with Crippen LogP contribution in [0.5, 0.6) is 0 Å². The topological polar surface area (TPSA) is 102 Å². The van der Waals surface area contributed by atoms with Gasteiger partial charge in [-0.1, -0.05) is 368 Å². The zero-order chi connectivity index (χ0) is 87.0. The van der Waals surface area contributed by atoms with Crippen molar-refractivity contribution in [2.45, 2.75) is 555 Å². The van der Waals surface area contributed by atoms with E-state index in [4.69, 9.17) is 27.2 Å². The second-order valence-electron chi connectivity index (χ2n) is 43.4. The molecule has 0 saturated carbocycles. The van der Waals surface area contributed by atoms with Crippen molar-refractivity contribution in [1.82, 2.24) is 19.6 Å². The minimum atomic E-state index is -2.06. The highest BCUT2D eigenvalue weighted by Crippen LogP contribution is 2.42. The Labute approximate surface area is 730 Å². The molecule has 0 aliphatic carbocycles. The first kappa shape index (κ1) is 113. The molecule has 1 rings (SSSR count). The van der Waals surface area contributed by atoms with Crippen LogP contribution in [0, 0.1) is 0 Å². The molecule has 0 spiro atoms. The van der Waals surface area contributed by atoms with Crippen molar-refractivity contribution >= 4 is 45.2 Å². The predicted molar refractivity (Wildman–Crippen MR) is 519 cm³/mol. The van der Waals surface area contributed by atoms with E-state index in [2.05, 4.69) is 197 Å². The van der Waals surface area contributed by atoms with Gasteiger partial charge in [0.2, 0.25) is 0 Å². The van der Waals surface area contributed by atoms with Crippen molar-refractivity contribution < 1.29 is 36.8 Å². The Hall–Kier alpha value is -0.512. The highest BCUT2D eigenvalue weighted by molar-refractivity contribution is 6.75. The van der Waals surface area contributed by atoms with Gasteiger partial charge >= 0.3 is 11.9 Å². The molecule has 0 aromatic heterocycles. The third-order valence-corrected chi connectivity index (χ3v) is 46.3. The third kappa shape index (κ3) is 55.1. The molecule has 12 nitrogen and oxygen atoms in total. The number of hydrogen-bond acceptors (Lipinski definition) is 12. The molecule has 0 aromatic carbocycles. The van der Waals surface area contributed by atoms with E-state index in [0.717, 1.165) is 117 Å². The van der Waals surface area contributed by atoms with E-state index < -0.39 is 33.3 Å². The summed E-state index contributed by atoms with van der Waals surface area (Å²) in [6.45, 7) is 71.6. The Balaban J connectivity index is 3.17. The first-order valence-corrected chi connectivity index (χ1v) is 62.2. The predicted octanol–water partition coefficient (Wildman–Crippen LogP) is 30.2. The number of rotatable bonds is 76. The van der Waals surface area contributed by atoms with Gasteiger partial charge in [-0.2, -0.15) is 0 Å². The number of carbonyl (C=O) groups excluding carboxylic acids is 2. The lowest BCUT2D eigenvalue weighted by Crippen LogP contribution is -2.57. The van der Waals surface area contributed by atoms with Crippen LogP contribution >= 0.6 is 0 Å². The summed E-state index contributed by atoms with van der Waals surface area (Å²) in [5.74, 6) is -0.166. The molecule has 0 N–H and O–H groups in total. The summed E-state index contributed by atoms with van der Waals surface area (Å²) in [5, 5.41) is 0.516. The third-order valence-electron chi connectivity index (χ3n) is 28.2. The fourth-order valence-electron chi connectivity index (χ4n) is 16.0. The van der Waals surface area contributed by atoms with Crippen LogP contribution in [0.1, 0.15) is 446 Å². The fraction of sp³-hybridized carbons (Fsp3) is 0.980. The smallest absolute Gasteiger partial charge is 0.305 e. The highest BCUT2D eigenvalue weighted by Gasteiger charge is 2.44.